The molecule has 5 heteroatoms. The van der Waals surface area contributed by atoms with Crippen LogP contribution < -0.4 is 0 Å². The molecule has 17 heavy (non-hydrogen) atoms. The summed E-state index contributed by atoms with van der Waals surface area (Å²) < 4.78 is 2.68. The van der Waals surface area contributed by atoms with Crippen molar-refractivity contribution in [3.05, 3.63) is 53.2 Å². The zero-order valence-corrected chi connectivity index (χ0v) is 9.81. The monoisotopic (exact) mass is 242 g/mol. The predicted octanol–water partition coefficient (Wildman–Crippen LogP) is 2.54. The van der Waals surface area contributed by atoms with Gasteiger partial charge in [0.15, 0.2) is 10.4 Å². The van der Waals surface area contributed by atoms with Gasteiger partial charge in [-0.2, -0.15) is 0 Å². The molecule has 0 radical (unpaired) electrons. The van der Waals surface area contributed by atoms with Crippen LogP contribution in [0.15, 0.2) is 42.9 Å². The van der Waals surface area contributed by atoms with Gasteiger partial charge in [0.2, 0.25) is 0 Å². The van der Waals surface area contributed by atoms with Gasteiger partial charge in [-0.1, -0.05) is 0 Å². The third-order valence-electron chi connectivity index (χ3n) is 2.62. The van der Waals surface area contributed by atoms with Crippen LogP contribution in [-0.4, -0.2) is 19.5 Å². The number of hydrogen-bond donors (Lipinski definition) is 1. The number of nitrogens with one attached hydrogen (secondary N) is 1. The van der Waals surface area contributed by atoms with Gasteiger partial charge in [-0.05, 0) is 42.0 Å². The van der Waals surface area contributed by atoms with E-state index in [1.807, 2.05) is 28.8 Å². The second-order valence-corrected chi connectivity index (χ2v) is 4.13. The molecule has 0 bridgehead atoms. The van der Waals surface area contributed by atoms with Crippen molar-refractivity contribution in [2.45, 2.75) is 6.54 Å². The highest BCUT2D eigenvalue weighted by molar-refractivity contribution is 7.71. The summed E-state index contributed by atoms with van der Waals surface area (Å²) in [6.45, 7) is 0.707. The van der Waals surface area contributed by atoms with Gasteiger partial charge in [-0.15, -0.1) is 0 Å². The van der Waals surface area contributed by atoms with E-state index < -0.39 is 0 Å². The van der Waals surface area contributed by atoms with Crippen LogP contribution in [0, 0.1) is 4.77 Å². The molecular formula is C12H10N4S. The summed E-state index contributed by atoms with van der Waals surface area (Å²) in [4.78, 5) is 11.5. The van der Waals surface area contributed by atoms with Crippen molar-refractivity contribution >= 4 is 23.4 Å². The second kappa shape index (κ2) is 4.10. The molecule has 3 aromatic rings. The highest BCUT2D eigenvalue weighted by Gasteiger charge is 2.04. The lowest BCUT2D eigenvalue weighted by atomic mass is 10.3. The predicted molar refractivity (Wildman–Crippen MR) is 68.3 cm³/mol. The number of hydrogen-bond acceptors (Lipinski definition) is 3. The highest BCUT2D eigenvalue weighted by atomic mass is 32.1. The molecule has 0 saturated carbocycles. The average molecular weight is 242 g/mol. The first-order chi connectivity index (χ1) is 8.34. The molecule has 0 amide bonds. The molecule has 0 atom stereocenters. The molecule has 0 aliphatic rings. The summed E-state index contributed by atoms with van der Waals surface area (Å²) >= 11 is 5.30. The van der Waals surface area contributed by atoms with E-state index in [0.29, 0.717) is 11.3 Å². The minimum Gasteiger partial charge on any atom is -0.329 e. The summed E-state index contributed by atoms with van der Waals surface area (Å²) in [6.07, 6.45) is 5.33. The molecule has 0 aliphatic carbocycles. The SMILES string of the molecule is S=c1[nH]c2cccnc2n1Cc1ccncc1. The number of fused-ring (bicyclic) bond motifs is 1. The Hall–Kier alpha value is -2.01. The van der Waals surface area contributed by atoms with Crippen LogP contribution in [-0.2, 0) is 6.54 Å². The molecule has 4 nitrogen and oxygen atoms in total. The van der Waals surface area contributed by atoms with Gasteiger partial charge in [-0.25, -0.2) is 4.98 Å². The van der Waals surface area contributed by atoms with Gasteiger partial charge >= 0.3 is 0 Å². The first kappa shape index (κ1) is 10.2. The molecule has 0 aliphatic heterocycles. The maximum absolute atomic E-state index is 5.30. The summed E-state index contributed by atoms with van der Waals surface area (Å²) in [5, 5.41) is 0. The van der Waals surface area contributed by atoms with E-state index in [4.69, 9.17) is 12.2 Å². The van der Waals surface area contributed by atoms with E-state index in [1.54, 1.807) is 18.6 Å². The van der Waals surface area contributed by atoms with Gasteiger partial charge in [0.1, 0.15) is 0 Å². The fraction of sp³-hybridized carbons (Fsp3) is 0.0833. The van der Waals surface area contributed by atoms with Crippen LogP contribution in [0.4, 0.5) is 0 Å². The smallest absolute Gasteiger partial charge is 0.179 e. The zero-order valence-electron chi connectivity index (χ0n) is 9.00. The fourth-order valence-corrected chi connectivity index (χ4v) is 2.07. The summed E-state index contributed by atoms with van der Waals surface area (Å²) in [5.74, 6) is 0. The van der Waals surface area contributed by atoms with Crippen LogP contribution in [0.3, 0.4) is 0 Å². The number of aromatic nitrogens is 4. The van der Waals surface area contributed by atoms with Crippen molar-refractivity contribution in [3.63, 3.8) is 0 Å². The molecule has 0 aromatic carbocycles. The Morgan fingerprint density at radius 3 is 2.82 bits per heavy atom. The van der Waals surface area contributed by atoms with Crippen molar-refractivity contribution in [1.29, 1.82) is 0 Å². The maximum atomic E-state index is 5.30. The number of pyridine rings is 2. The summed E-state index contributed by atoms with van der Waals surface area (Å²) in [5.41, 5.74) is 3.00. The number of rotatable bonds is 2. The van der Waals surface area contributed by atoms with E-state index in [0.717, 1.165) is 16.7 Å². The van der Waals surface area contributed by atoms with Crippen LogP contribution in [0.2, 0.25) is 0 Å². The second-order valence-electron chi connectivity index (χ2n) is 3.75. The normalized spacial score (nSPS) is 10.8. The fourth-order valence-electron chi connectivity index (χ4n) is 1.81. The lowest BCUT2D eigenvalue weighted by Gasteiger charge is -2.03. The first-order valence-corrected chi connectivity index (χ1v) is 5.68. The van der Waals surface area contributed by atoms with Gasteiger partial charge < -0.3 is 4.98 Å². The van der Waals surface area contributed by atoms with E-state index in [1.165, 1.54) is 0 Å². The third kappa shape index (κ3) is 1.85. The first-order valence-electron chi connectivity index (χ1n) is 5.27. The summed E-state index contributed by atoms with van der Waals surface area (Å²) in [7, 11) is 0. The van der Waals surface area contributed by atoms with Gasteiger partial charge in [-0.3, -0.25) is 9.55 Å². The topological polar surface area (TPSA) is 46.5 Å². The lowest BCUT2D eigenvalue weighted by Crippen LogP contribution is -2.00. The minimum absolute atomic E-state index is 0.690. The number of nitrogens with zero attached hydrogens (tertiary/aromatic N) is 3. The molecule has 84 valence electrons. The van der Waals surface area contributed by atoms with Gasteiger partial charge in [0.05, 0.1) is 12.1 Å². The Labute approximate surface area is 103 Å². The summed E-state index contributed by atoms with van der Waals surface area (Å²) in [6, 6.07) is 7.82. The van der Waals surface area contributed by atoms with Crippen molar-refractivity contribution in [2.24, 2.45) is 0 Å². The quantitative estimate of drug-likeness (QED) is 0.702. The molecule has 3 aromatic heterocycles. The van der Waals surface area contributed by atoms with Crippen LogP contribution in [0.1, 0.15) is 5.56 Å². The van der Waals surface area contributed by atoms with E-state index >= 15 is 0 Å². The van der Waals surface area contributed by atoms with Crippen LogP contribution >= 0.6 is 12.2 Å². The van der Waals surface area contributed by atoms with E-state index in [-0.39, 0.29) is 0 Å². The average Bonchev–Trinajstić information content (AvgIpc) is 2.68. The maximum Gasteiger partial charge on any atom is 0.179 e. The molecule has 0 unspecified atom stereocenters. The highest BCUT2D eigenvalue weighted by Crippen LogP contribution is 2.12. The Morgan fingerprint density at radius 1 is 1.18 bits per heavy atom. The number of H-pyrrole nitrogens is 1. The largest absolute Gasteiger partial charge is 0.329 e. The third-order valence-corrected chi connectivity index (χ3v) is 2.94. The Balaban J connectivity index is 2.12. The van der Waals surface area contributed by atoms with Crippen LogP contribution in [0.25, 0.3) is 11.2 Å². The van der Waals surface area contributed by atoms with Gasteiger partial charge in [0, 0.05) is 18.6 Å². The molecule has 0 saturated heterocycles. The van der Waals surface area contributed by atoms with Crippen molar-refractivity contribution in [3.8, 4) is 0 Å². The van der Waals surface area contributed by atoms with Crippen molar-refractivity contribution in [1.82, 2.24) is 19.5 Å². The molecule has 3 rings (SSSR count). The minimum atomic E-state index is 0.690. The molecule has 0 fully saturated rings. The van der Waals surface area contributed by atoms with Crippen molar-refractivity contribution in [2.75, 3.05) is 0 Å². The Morgan fingerprint density at radius 2 is 2.00 bits per heavy atom. The van der Waals surface area contributed by atoms with E-state index in [2.05, 4.69) is 15.0 Å². The standard InChI is InChI=1S/C12H10N4S/c17-12-15-10-2-1-5-14-11(10)16(12)8-9-3-6-13-7-4-9/h1-7H,8H2,(H,15,17). The molecule has 1 N–H and O–H groups in total. The number of aromatic amines is 1. The Kier molecular flexibility index (Phi) is 2.45. The molecular weight excluding hydrogens is 232 g/mol. The molecule has 0 spiro atoms. The van der Waals surface area contributed by atoms with Gasteiger partial charge in [0.25, 0.3) is 0 Å². The zero-order chi connectivity index (χ0) is 11.7. The van der Waals surface area contributed by atoms with Crippen LogP contribution in [0.5, 0.6) is 0 Å². The lowest BCUT2D eigenvalue weighted by molar-refractivity contribution is 0.799. The Bertz CT molecular complexity index is 699. The van der Waals surface area contributed by atoms with Crippen molar-refractivity contribution < 1.29 is 0 Å². The number of imidazole rings is 1. The van der Waals surface area contributed by atoms with E-state index in [9.17, 15) is 0 Å². The molecule has 3 heterocycles.